The number of thiophene rings is 1. The second kappa shape index (κ2) is 6.04. The van der Waals surface area contributed by atoms with Crippen LogP contribution in [0.15, 0.2) is 22.4 Å². The molecule has 0 bridgehead atoms. The largest absolute Gasteiger partial charge is 0.325 e. The summed E-state index contributed by atoms with van der Waals surface area (Å²) in [5.41, 5.74) is 6.48. The molecule has 0 aromatic carbocycles. The molecule has 0 fully saturated rings. The molecule has 110 valence electrons. The molecule has 3 N–H and O–H groups in total. The van der Waals surface area contributed by atoms with Crippen molar-refractivity contribution < 1.29 is 8.42 Å². The topological polar surface area (TPSA) is 92.1 Å². The molecule has 2 aromatic heterocycles. The molecule has 0 unspecified atom stereocenters. The zero-order valence-electron chi connectivity index (χ0n) is 11.5. The number of hydrogen-bond acceptors (Lipinski definition) is 5. The van der Waals surface area contributed by atoms with Crippen LogP contribution in [-0.2, 0) is 23.1 Å². The predicted molar refractivity (Wildman–Crippen MR) is 78.8 cm³/mol. The van der Waals surface area contributed by atoms with Gasteiger partial charge < -0.3 is 5.73 Å². The Morgan fingerprint density at radius 1 is 1.50 bits per heavy atom. The molecule has 2 heterocycles. The van der Waals surface area contributed by atoms with Gasteiger partial charge in [-0.1, -0.05) is 13.0 Å². The lowest BCUT2D eigenvalue weighted by atomic mass is 10.4. The van der Waals surface area contributed by atoms with Crippen molar-refractivity contribution >= 4 is 21.4 Å². The number of sulfonamides is 1. The Bertz CT molecular complexity index is 662. The van der Waals surface area contributed by atoms with E-state index in [1.807, 2.05) is 24.4 Å². The smallest absolute Gasteiger partial charge is 0.247 e. The van der Waals surface area contributed by atoms with Crippen LogP contribution < -0.4 is 5.73 Å². The highest BCUT2D eigenvalue weighted by Gasteiger charge is 2.29. The van der Waals surface area contributed by atoms with E-state index in [0.717, 1.165) is 4.88 Å². The summed E-state index contributed by atoms with van der Waals surface area (Å²) < 4.78 is 27.0. The number of aromatic nitrogens is 2. The zero-order valence-corrected chi connectivity index (χ0v) is 13.1. The van der Waals surface area contributed by atoms with Gasteiger partial charge in [-0.15, -0.1) is 11.3 Å². The van der Waals surface area contributed by atoms with Crippen LogP contribution in [0.1, 0.15) is 23.2 Å². The summed E-state index contributed by atoms with van der Waals surface area (Å²) in [4.78, 5) is 1.21. The van der Waals surface area contributed by atoms with Gasteiger partial charge >= 0.3 is 0 Å². The van der Waals surface area contributed by atoms with Crippen LogP contribution in [0.3, 0.4) is 0 Å². The van der Waals surface area contributed by atoms with Crippen LogP contribution >= 0.6 is 11.3 Å². The lowest BCUT2D eigenvalue weighted by Gasteiger charge is -2.20. The van der Waals surface area contributed by atoms with Gasteiger partial charge in [-0.2, -0.15) is 9.40 Å². The van der Waals surface area contributed by atoms with E-state index in [-0.39, 0.29) is 11.4 Å². The Morgan fingerprint density at radius 2 is 2.25 bits per heavy atom. The van der Waals surface area contributed by atoms with Gasteiger partial charge in [0, 0.05) is 24.5 Å². The van der Waals surface area contributed by atoms with E-state index in [2.05, 4.69) is 10.2 Å². The molecule has 0 radical (unpaired) electrons. The molecular formula is C12H18N4O2S2. The van der Waals surface area contributed by atoms with Crippen molar-refractivity contribution in [3.05, 3.63) is 33.8 Å². The van der Waals surface area contributed by atoms with Gasteiger partial charge in [0.2, 0.25) is 10.0 Å². The van der Waals surface area contributed by atoms with Gasteiger partial charge in [0.05, 0.1) is 11.4 Å². The Labute approximate surface area is 122 Å². The third-order valence-corrected chi connectivity index (χ3v) is 6.00. The van der Waals surface area contributed by atoms with Gasteiger partial charge in [0.1, 0.15) is 4.90 Å². The van der Waals surface area contributed by atoms with Crippen molar-refractivity contribution in [3.8, 4) is 0 Å². The summed E-state index contributed by atoms with van der Waals surface area (Å²) in [6.45, 7) is 4.37. The summed E-state index contributed by atoms with van der Waals surface area (Å²) in [6.07, 6.45) is 0. The quantitative estimate of drug-likeness (QED) is 0.844. The maximum Gasteiger partial charge on any atom is 0.247 e. The molecule has 2 aromatic rings. The van der Waals surface area contributed by atoms with Crippen LogP contribution in [-0.4, -0.2) is 29.5 Å². The Morgan fingerprint density at radius 3 is 2.80 bits per heavy atom. The molecule has 2 rings (SSSR count). The minimum absolute atomic E-state index is 0.0927. The van der Waals surface area contributed by atoms with E-state index in [1.165, 1.54) is 15.6 Å². The third-order valence-electron chi connectivity index (χ3n) is 3.02. The van der Waals surface area contributed by atoms with Gasteiger partial charge in [-0.3, -0.25) is 5.10 Å². The van der Waals surface area contributed by atoms with Gasteiger partial charge in [0.15, 0.2) is 0 Å². The Balaban J connectivity index is 2.39. The summed E-state index contributed by atoms with van der Waals surface area (Å²) >= 11 is 1.54. The number of aryl methyl sites for hydroxylation is 1. The van der Waals surface area contributed by atoms with Gasteiger partial charge in [-0.25, -0.2) is 8.42 Å². The molecule has 0 aliphatic rings. The van der Waals surface area contributed by atoms with E-state index in [0.29, 0.717) is 24.5 Å². The first-order valence-electron chi connectivity index (χ1n) is 6.27. The monoisotopic (exact) mass is 314 g/mol. The summed E-state index contributed by atoms with van der Waals surface area (Å²) in [5.74, 6) is 0. The van der Waals surface area contributed by atoms with E-state index in [9.17, 15) is 8.42 Å². The number of H-pyrrole nitrogens is 1. The normalized spacial score (nSPS) is 12.2. The van der Waals surface area contributed by atoms with Crippen LogP contribution in [0.5, 0.6) is 0 Å². The van der Waals surface area contributed by atoms with E-state index in [1.54, 1.807) is 6.92 Å². The average molecular weight is 314 g/mol. The molecule has 6 nitrogen and oxygen atoms in total. The SMILES string of the molecule is CCN(Cc1cccs1)S(=O)(=O)c1c(CN)n[nH]c1C. The first-order valence-corrected chi connectivity index (χ1v) is 8.59. The van der Waals surface area contributed by atoms with Crippen molar-refractivity contribution in [1.82, 2.24) is 14.5 Å². The second-order valence-electron chi connectivity index (χ2n) is 4.34. The maximum atomic E-state index is 12.8. The summed E-state index contributed by atoms with van der Waals surface area (Å²) in [6, 6.07) is 3.84. The average Bonchev–Trinajstić information content (AvgIpc) is 3.04. The van der Waals surface area contributed by atoms with Crippen LogP contribution in [0.4, 0.5) is 0 Å². The lowest BCUT2D eigenvalue weighted by Crippen LogP contribution is -2.31. The number of hydrogen-bond donors (Lipinski definition) is 2. The molecule has 0 saturated carbocycles. The molecule has 20 heavy (non-hydrogen) atoms. The van der Waals surface area contributed by atoms with Crippen molar-refractivity contribution in [2.75, 3.05) is 6.54 Å². The zero-order chi connectivity index (χ0) is 14.8. The molecule has 0 aliphatic heterocycles. The first-order chi connectivity index (χ1) is 9.50. The lowest BCUT2D eigenvalue weighted by molar-refractivity contribution is 0.425. The third kappa shape index (κ3) is 2.78. The Hall–Kier alpha value is -1.22. The van der Waals surface area contributed by atoms with E-state index in [4.69, 9.17) is 5.73 Å². The number of nitrogens with zero attached hydrogens (tertiary/aromatic N) is 2. The van der Waals surface area contributed by atoms with Gasteiger partial charge in [0.25, 0.3) is 0 Å². The molecule has 8 heteroatoms. The molecule has 0 amide bonds. The van der Waals surface area contributed by atoms with Gasteiger partial charge in [-0.05, 0) is 18.4 Å². The molecule has 0 saturated heterocycles. The van der Waals surface area contributed by atoms with Crippen LogP contribution in [0.2, 0.25) is 0 Å². The van der Waals surface area contributed by atoms with Crippen molar-refractivity contribution in [2.45, 2.75) is 31.8 Å². The summed E-state index contributed by atoms with van der Waals surface area (Å²) in [7, 11) is -3.59. The van der Waals surface area contributed by atoms with Crippen LogP contribution in [0.25, 0.3) is 0 Å². The Kier molecular flexibility index (Phi) is 4.59. The number of rotatable bonds is 6. The highest BCUT2D eigenvalue weighted by Crippen LogP contribution is 2.24. The number of nitrogens with one attached hydrogen (secondary N) is 1. The molecule has 0 spiro atoms. The van der Waals surface area contributed by atoms with Crippen molar-refractivity contribution in [3.63, 3.8) is 0 Å². The number of aromatic amines is 1. The number of nitrogens with two attached hydrogens (primary N) is 1. The highest BCUT2D eigenvalue weighted by molar-refractivity contribution is 7.89. The van der Waals surface area contributed by atoms with E-state index >= 15 is 0 Å². The minimum Gasteiger partial charge on any atom is -0.325 e. The van der Waals surface area contributed by atoms with Crippen LogP contribution in [0, 0.1) is 6.92 Å². The fourth-order valence-electron chi connectivity index (χ4n) is 2.02. The highest BCUT2D eigenvalue weighted by atomic mass is 32.2. The second-order valence-corrected chi connectivity index (χ2v) is 7.25. The van der Waals surface area contributed by atoms with Crippen molar-refractivity contribution in [2.24, 2.45) is 5.73 Å². The fraction of sp³-hybridized carbons (Fsp3) is 0.417. The maximum absolute atomic E-state index is 12.8. The standard InChI is InChI=1S/C12H18N4O2S2/c1-3-16(8-10-5-4-6-19-10)20(17,18)12-9(2)14-15-11(12)7-13/h4-6H,3,7-8,13H2,1-2H3,(H,14,15). The van der Waals surface area contributed by atoms with Crippen molar-refractivity contribution in [1.29, 1.82) is 0 Å². The first kappa shape index (κ1) is 15.2. The molecular weight excluding hydrogens is 296 g/mol. The van der Waals surface area contributed by atoms with E-state index < -0.39 is 10.0 Å². The molecule has 0 aliphatic carbocycles. The summed E-state index contributed by atoms with van der Waals surface area (Å²) in [5, 5.41) is 8.59. The molecule has 0 atom stereocenters. The fourth-order valence-corrected chi connectivity index (χ4v) is 4.59. The predicted octanol–water partition coefficient (Wildman–Crippen LogP) is 1.45. The minimum atomic E-state index is -3.59.